The Balaban J connectivity index is 2.89. The normalized spacial score (nSPS) is 10.5. The zero-order valence-corrected chi connectivity index (χ0v) is 8.92. The van der Waals surface area contributed by atoms with E-state index in [1.807, 2.05) is 0 Å². The molecule has 1 aromatic carbocycles. The fraction of sp³-hybridized carbons (Fsp3) is 0. The molecule has 5 heteroatoms. The molecule has 0 heterocycles. The second kappa shape index (κ2) is 4.96. The van der Waals surface area contributed by atoms with Gasteiger partial charge in [-0.25, -0.2) is 4.79 Å². The number of carbonyl (C=O) groups is 2. The molecule has 0 amide bonds. The monoisotopic (exact) mass is 244 g/mol. The Bertz CT molecular complexity index is 418. The first-order chi connectivity index (χ1) is 6.99. The minimum Gasteiger partial charge on any atom is -0.475 e. The van der Waals surface area contributed by atoms with E-state index in [1.54, 1.807) is 18.2 Å². The van der Waals surface area contributed by atoms with Crippen LogP contribution in [0.1, 0.15) is 5.56 Å². The number of carboxylic acid groups (broad SMARTS) is 1. The SMILES string of the molecule is O=C(O)C(=O)/C=C/c1cc(Cl)cc(Cl)c1. The largest absolute Gasteiger partial charge is 0.475 e. The molecule has 0 atom stereocenters. The third kappa shape index (κ3) is 3.73. The Kier molecular flexibility index (Phi) is 3.88. The smallest absolute Gasteiger partial charge is 0.376 e. The van der Waals surface area contributed by atoms with Crippen LogP contribution in [0.2, 0.25) is 10.0 Å². The molecule has 0 bridgehead atoms. The molecule has 0 aliphatic carbocycles. The average Bonchev–Trinajstić information content (AvgIpc) is 2.12. The van der Waals surface area contributed by atoms with E-state index in [1.165, 1.54) is 6.08 Å². The van der Waals surface area contributed by atoms with Crippen molar-refractivity contribution < 1.29 is 14.7 Å². The van der Waals surface area contributed by atoms with Gasteiger partial charge in [0.1, 0.15) is 0 Å². The van der Waals surface area contributed by atoms with Crippen LogP contribution in [-0.2, 0) is 9.59 Å². The van der Waals surface area contributed by atoms with E-state index in [9.17, 15) is 9.59 Å². The van der Waals surface area contributed by atoms with E-state index in [0.717, 1.165) is 6.08 Å². The molecular formula is C10H6Cl2O3. The fourth-order valence-electron chi connectivity index (χ4n) is 0.915. The summed E-state index contributed by atoms with van der Waals surface area (Å²) >= 11 is 11.4. The summed E-state index contributed by atoms with van der Waals surface area (Å²) in [6.07, 6.45) is 2.29. The van der Waals surface area contributed by atoms with Crippen LogP contribution in [0, 0.1) is 0 Å². The van der Waals surface area contributed by atoms with E-state index in [2.05, 4.69) is 0 Å². The molecule has 0 aromatic heterocycles. The van der Waals surface area contributed by atoms with Gasteiger partial charge in [-0.3, -0.25) is 4.79 Å². The molecule has 1 aromatic rings. The highest BCUT2D eigenvalue weighted by Crippen LogP contribution is 2.19. The minimum absolute atomic E-state index is 0.421. The molecule has 1 rings (SSSR count). The predicted molar refractivity (Wildman–Crippen MR) is 58.1 cm³/mol. The van der Waals surface area contributed by atoms with Gasteiger partial charge in [-0.15, -0.1) is 0 Å². The Morgan fingerprint density at radius 1 is 1.13 bits per heavy atom. The fourth-order valence-corrected chi connectivity index (χ4v) is 1.46. The number of carbonyl (C=O) groups excluding carboxylic acids is 1. The van der Waals surface area contributed by atoms with Gasteiger partial charge < -0.3 is 5.11 Å². The summed E-state index contributed by atoms with van der Waals surface area (Å²) in [5.74, 6) is -2.49. The van der Waals surface area contributed by atoms with Crippen LogP contribution >= 0.6 is 23.2 Å². The molecule has 0 unspecified atom stereocenters. The number of halogens is 2. The first-order valence-electron chi connectivity index (χ1n) is 3.90. The van der Waals surface area contributed by atoms with E-state index in [4.69, 9.17) is 28.3 Å². The molecule has 0 spiro atoms. The van der Waals surface area contributed by atoms with Gasteiger partial charge in [0, 0.05) is 10.0 Å². The number of aliphatic carboxylic acids is 1. The first kappa shape index (κ1) is 11.8. The number of benzene rings is 1. The lowest BCUT2D eigenvalue weighted by Crippen LogP contribution is -2.08. The maximum atomic E-state index is 10.7. The molecular weight excluding hydrogens is 239 g/mol. The van der Waals surface area contributed by atoms with Gasteiger partial charge in [-0.1, -0.05) is 29.3 Å². The molecule has 15 heavy (non-hydrogen) atoms. The molecule has 0 aliphatic rings. The summed E-state index contributed by atoms with van der Waals surface area (Å²) < 4.78 is 0. The highest BCUT2D eigenvalue weighted by Gasteiger charge is 2.05. The van der Waals surface area contributed by atoms with Crippen molar-refractivity contribution in [3.05, 3.63) is 39.9 Å². The number of rotatable bonds is 3. The van der Waals surface area contributed by atoms with E-state index >= 15 is 0 Å². The van der Waals surface area contributed by atoms with E-state index < -0.39 is 11.8 Å². The highest BCUT2D eigenvalue weighted by molar-refractivity contribution is 6.38. The number of hydrogen-bond donors (Lipinski definition) is 1. The highest BCUT2D eigenvalue weighted by atomic mass is 35.5. The van der Waals surface area contributed by atoms with Gasteiger partial charge >= 0.3 is 5.97 Å². The molecule has 0 saturated carbocycles. The Morgan fingerprint density at radius 3 is 2.13 bits per heavy atom. The van der Waals surface area contributed by atoms with Crippen molar-refractivity contribution in [2.45, 2.75) is 0 Å². The molecule has 3 nitrogen and oxygen atoms in total. The van der Waals surface area contributed by atoms with Crippen LogP contribution in [0.25, 0.3) is 6.08 Å². The Hall–Kier alpha value is -1.32. The minimum atomic E-state index is -1.50. The van der Waals surface area contributed by atoms with Crippen LogP contribution < -0.4 is 0 Å². The van der Waals surface area contributed by atoms with Gasteiger partial charge in [-0.05, 0) is 29.8 Å². The van der Waals surface area contributed by atoms with Crippen LogP contribution in [0.3, 0.4) is 0 Å². The second-order valence-electron chi connectivity index (χ2n) is 2.71. The first-order valence-corrected chi connectivity index (χ1v) is 4.66. The maximum Gasteiger partial charge on any atom is 0.376 e. The van der Waals surface area contributed by atoms with Gasteiger partial charge in [-0.2, -0.15) is 0 Å². The predicted octanol–water partition coefficient (Wildman–Crippen LogP) is 2.66. The summed E-state index contributed by atoms with van der Waals surface area (Å²) in [4.78, 5) is 20.9. The summed E-state index contributed by atoms with van der Waals surface area (Å²) in [5.41, 5.74) is 0.571. The zero-order valence-electron chi connectivity index (χ0n) is 7.41. The maximum absolute atomic E-state index is 10.7. The average molecular weight is 245 g/mol. The number of hydrogen-bond acceptors (Lipinski definition) is 2. The van der Waals surface area contributed by atoms with Crippen molar-refractivity contribution in [1.82, 2.24) is 0 Å². The van der Waals surface area contributed by atoms with Crippen molar-refractivity contribution in [3.63, 3.8) is 0 Å². The van der Waals surface area contributed by atoms with Crippen molar-refractivity contribution in [2.75, 3.05) is 0 Å². The van der Waals surface area contributed by atoms with Gasteiger partial charge in [0.25, 0.3) is 5.78 Å². The van der Waals surface area contributed by atoms with E-state index in [-0.39, 0.29) is 0 Å². The number of carboxylic acids is 1. The van der Waals surface area contributed by atoms with Crippen molar-refractivity contribution >= 4 is 41.0 Å². The molecule has 0 fully saturated rings. The third-order valence-corrected chi connectivity index (χ3v) is 1.96. The van der Waals surface area contributed by atoms with Crippen LogP contribution in [0.4, 0.5) is 0 Å². The van der Waals surface area contributed by atoms with Gasteiger partial charge in [0.05, 0.1) is 0 Å². The van der Waals surface area contributed by atoms with E-state index in [0.29, 0.717) is 15.6 Å². The summed E-state index contributed by atoms with van der Waals surface area (Å²) in [7, 11) is 0. The number of ketones is 1. The summed E-state index contributed by atoms with van der Waals surface area (Å²) in [5, 5.41) is 9.16. The van der Waals surface area contributed by atoms with Crippen molar-refractivity contribution in [2.24, 2.45) is 0 Å². The van der Waals surface area contributed by atoms with Crippen molar-refractivity contribution in [3.8, 4) is 0 Å². The standard InChI is InChI=1S/C10H6Cl2O3/c11-7-3-6(4-8(12)5-7)1-2-9(13)10(14)15/h1-5H,(H,14,15)/b2-1+. The molecule has 0 aliphatic heterocycles. The molecule has 1 N–H and O–H groups in total. The topological polar surface area (TPSA) is 54.4 Å². The summed E-state index contributed by atoms with van der Waals surface area (Å²) in [6, 6.07) is 4.68. The van der Waals surface area contributed by atoms with Gasteiger partial charge in [0.15, 0.2) is 0 Å². The van der Waals surface area contributed by atoms with Crippen molar-refractivity contribution in [1.29, 1.82) is 0 Å². The van der Waals surface area contributed by atoms with Gasteiger partial charge in [0.2, 0.25) is 0 Å². The second-order valence-corrected chi connectivity index (χ2v) is 3.58. The lowest BCUT2D eigenvalue weighted by molar-refractivity contribution is -0.146. The van der Waals surface area contributed by atoms with Crippen LogP contribution in [0.15, 0.2) is 24.3 Å². The quantitative estimate of drug-likeness (QED) is 0.657. The Morgan fingerprint density at radius 2 is 1.67 bits per heavy atom. The zero-order chi connectivity index (χ0) is 11.4. The third-order valence-electron chi connectivity index (χ3n) is 1.52. The van der Waals surface area contributed by atoms with Crippen LogP contribution in [0.5, 0.6) is 0 Å². The Labute approximate surface area is 95.9 Å². The molecule has 0 saturated heterocycles. The van der Waals surface area contributed by atoms with Crippen LogP contribution in [-0.4, -0.2) is 16.9 Å². The summed E-state index contributed by atoms with van der Waals surface area (Å²) in [6.45, 7) is 0. The lowest BCUT2D eigenvalue weighted by Gasteiger charge is -1.96. The molecule has 78 valence electrons. The lowest BCUT2D eigenvalue weighted by atomic mass is 10.2. The molecule has 0 radical (unpaired) electrons.